The number of nitrogens with zero attached hydrogens (tertiary/aromatic N) is 1. The van der Waals surface area contributed by atoms with Gasteiger partial charge in [-0.2, -0.15) is 0 Å². The summed E-state index contributed by atoms with van der Waals surface area (Å²) in [5.41, 5.74) is 0.967. The lowest BCUT2D eigenvalue weighted by Gasteiger charge is -2.33. The van der Waals surface area contributed by atoms with E-state index in [9.17, 15) is 15.0 Å². The SMILES string of the molecule is CCCC(O)C=CC1C[C@@H]2C(=NOCCCC(=O)O)C[C@H]2C1O. The fourth-order valence-corrected chi connectivity index (χ4v) is 3.42. The summed E-state index contributed by atoms with van der Waals surface area (Å²) in [6, 6.07) is 0. The van der Waals surface area contributed by atoms with Gasteiger partial charge in [-0.25, -0.2) is 0 Å². The smallest absolute Gasteiger partial charge is 0.303 e. The molecule has 0 aliphatic heterocycles. The summed E-state index contributed by atoms with van der Waals surface area (Å²) in [5.74, 6) is -0.281. The number of carboxylic acids is 1. The number of hydrogen-bond acceptors (Lipinski definition) is 5. The third kappa shape index (κ3) is 4.78. The number of carboxylic acid groups (broad SMARTS) is 1. The normalized spacial score (nSPS) is 32.7. The zero-order valence-corrected chi connectivity index (χ0v) is 13.6. The molecule has 2 aliphatic carbocycles. The average Bonchev–Trinajstić information content (AvgIpc) is 2.72. The third-order valence-corrected chi connectivity index (χ3v) is 4.77. The summed E-state index contributed by atoms with van der Waals surface area (Å²) in [7, 11) is 0. The van der Waals surface area contributed by atoms with Gasteiger partial charge in [-0.1, -0.05) is 30.7 Å². The lowest BCUT2D eigenvalue weighted by Crippen LogP contribution is -2.38. The van der Waals surface area contributed by atoms with Gasteiger partial charge in [-0.05, 0) is 31.6 Å². The van der Waals surface area contributed by atoms with Crippen molar-refractivity contribution in [1.29, 1.82) is 0 Å². The van der Waals surface area contributed by atoms with Crippen LogP contribution in [0.3, 0.4) is 0 Å². The van der Waals surface area contributed by atoms with Gasteiger partial charge in [0.05, 0.1) is 17.9 Å². The Morgan fingerprint density at radius 1 is 1.52 bits per heavy atom. The van der Waals surface area contributed by atoms with Crippen molar-refractivity contribution in [3.8, 4) is 0 Å². The van der Waals surface area contributed by atoms with Crippen molar-refractivity contribution in [3.63, 3.8) is 0 Å². The summed E-state index contributed by atoms with van der Waals surface area (Å²) < 4.78 is 0. The minimum atomic E-state index is -0.830. The molecule has 0 aromatic carbocycles. The van der Waals surface area contributed by atoms with E-state index in [1.165, 1.54) is 0 Å². The average molecular weight is 325 g/mol. The van der Waals surface area contributed by atoms with E-state index in [1.807, 2.05) is 13.0 Å². The van der Waals surface area contributed by atoms with E-state index < -0.39 is 12.1 Å². The predicted octanol–water partition coefficient (Wildman–Crippen LogP) is 1.96. The van der Waals surface area contributed by atoms with Crippen molar-refractivity contribution in [2.75, 3.05) is 6.61 Å². The summed E-state index contributed by atoms with van der Waals surface area (Å²) in [6.07, 6.45) is 6.70. The minimum absolute atomic E-state index is 0.0659. The van der Waals surface area contributed by atoms with Crippen molar-refractivity contribution in [3.05, 3.63) is 12.2 Å². The summed E-state index contributed by atoms with van der Waals surface area (Å²) in [6.45, 7) is 2.34. The zero-order valence-electron chi connectivity index (χ0n) is 13.6. The third-order valence-electron chi connectivity index (χ3n) is 4.77. The van der Waals surface area contributed by atoms with Crippen LogP contribution in [0.5, 0.6) is 0 Å². The van der Waals surface area contributed by atoms with E-state index in [1.54, 1.807) is 6.08 Å². The molecule has 130 valence electrons. The van der Waals surface area contributed by atoms with Crippen molar-refractivity contribution >= 4 is 11.7 Å². The molecule has 0 aromatic heterocycles. The van der Waals surface area contributed by atoms with Crippen LogP contribution in [-0.2, 0) is 9.63 Å². The summed E-state index contributed by atoms with van der Waals surface area (Å²) in [4.78, 5) is 15.6. The number of fused-ring (bicyclic) bond motifs is 1. The van der Waals surface area contributed by atoms with E-state index in [4.69, 9.17) is 9.94 Å². The Balaban J connectivity index is 1.76. The Kier molecular flexibility index (Phi) is 6.59. The molecular weight excluding hydrogens is 298 g/mol. The van der Waals surface area contributed by atoms with E-state index in [0.717, 1.165) is 31.4 Å². The lowest BCUT2D eigenvalue weighted by molar-refractivity contribution is -0.137. The van der Waals surface area contributed by atoms with Gasteiger partial charge in [-0.3, -0.25) is 4.79 Å². The standard InChI is InChI=1S/C17H27NO5/c1-2-4-12(19)7-6-11-9-13-14(17(11)22)10-15(13)18-23-8-3-5-16(20)21/h6-7,11-14,17,19,22H,2-5,8-10H2,1H3,(H,20,21)/t11?,12?,13-,14+,17?/m0/s1. The molecule has 3 unspecified atom stereocenters. The number of aliphatic hydroxyl groups is 2. The van der Waals surface area contributed by atoms with Crippen LogP contribution in [0.2, 0.25) is 0 Å². The molecule has 2 rings (SSSR count). The van der Waals surface area contributed by atoms with Crippen molar-refractivity contribution < 1.29 is 25.0 Å². The molecule has 6 heteroatoms. The number of hydrogen-bond donors (Lipinski definition) is 3. The van der Waals surface area contributed by atoms with Gasteiger partial charge >= 0.3 is 5.97 Å². The van der Waals surface area contributed by atoms with E-state index >= 15 is 0 Å². The highest BCUT2D eigenvalue weighted by molar-refractivity contribution is 5.93. The topological polar surface area (TPSA) is 99.4 Å². The Hall–Kier alpha value is -1.40. The zero-order chi connectivity index (χ0) is 16.8. The van der Waals surface area contributed by atoms with Gasteiger partial charge in [0.15, 0.2) is 0 Å². The molecule has 0 saturated heterocycles. The highest BCUT2D eigenvalue weighted by Gasteiger charge is 2.51. The quantitative estimate of drug-likeness (QED) is 0.342. The Bertz CT molecular complexity index is 462. The molecule has 0 amide bonds. The highest BCUT2D eigenvalue weighted by atomic mass is 16.6. The number of aliphatic carboxylic acids is 1. The second kappa shape index (κ2) is 8.45. The van der Waals surface area contributed by atoms with Crippen LogP contribution in [0.4, 0.5) is 0 Å². The Labute approximate surface area is 136 Å². The van der Waals surface area contributed by atoms with Crippen LogP contribution < -0.4 is 0 Å². The Morgan fingerprint density at radius 2 is 2.30 bits per heavy atom. The largest absolute Gasteiger partial charge is 0.481 e. The first-order chi connectivity index (χ1) is 11.0. The summed E-state index contributed by atoms with van der Waals surface area (Å²) in [5, 5.41) is 32.7. The highest BCUT2D eigenvalue weighted by Crippen LogP contribution is 2.48. The van der Waals surface area contributed by atoms with Gasteiger partial charge in [0.2, 0.25) is 0 Å². The number of aliphatic hydroxyl groups excluding tert-OH is 2. The molecule has 3 N–H and O–H groups in total. The monoisotopic (exact) mass is 325 g/mol. The first-order valence-corrected chi connectivity index (χ1v) is 8.47. The molecule has 0 aromatic rings. The van der Waals surface area contributed by atoms with Crippen LogP contribution in [0.15, 0.2) is 17.3 Å². The second-order valence-electron chi connectivity index (χ2n) is 6.52. The lowest BCUT2D eigenvalue weighted by atomic mass is 9.73. The fourth-order valence-electron chi connectivity index (χ4n) is 3.42. The molecule has 0 heterocycles. The summed E-state index contributed by atoms with van der Waals surface area (Å²) >= 11 is 0. The van der Waals surface area contributed by atoms with Crippen LogP contribution in [-0.4, -0.2) is 45.8 Å². The molecule has 2 saturated carbocycles. The Morgan fingerprint density at radius 3 is 3.00 bits per heavy atom. The van der Waals surface area contributed by atoms with Gasteiger partial charge in [0.1, 0.15) is 6.61 Å². The van der Waals surface area contributed by atoms with E-state index in [-0.39, 0.29) is 30.3 Å². The molecule has 23 heavy (non-hydrogen) atoms. The maximum atomic E-state index is 10.4. The van der Waals surface area contributed by atoms with Crippen molar-refractivity contribution in [2.45, 2.75) is 57.7 Å². The predicted molar refractivity (Wildman–Crippen MR) is 86.0 cm³/mol. The van der Waals surface area contributed by atoms with E-state index in [2.05, 4.69) is 5.16 Å². The minimum Gasteiger partial charge on any atom is -0.481 e. The van der Waals surface area contributed by atoms with Crippen LogP contribution in [0, 0.1) is 17.8 Å². The molecule has 5 atom stereocenters. The second-order valence-corrected chi connectivity index (χ2v) is 6.52. The van der Waals surface area contributed by atoms with Crippen LogP contribution in [0.1, 0.15) is 45.4 Å². The van der Waals surface area contributed by atoms with Gasteiger partial charge in [-0.15, -0.1) is 0 Å². The maximum Gasteiger partial charge on any atom is 0.303 e. The number of oxime groups is 1. The first-order valence-electron chi connectivity index (χ1n) is 8.47. The first kappa shape index (κ1) is 17.9. The molecule has 6 nitrogen and oxygen atoms in total. The maximum absolute atomic E-state index is 10.4. The molecule has 2 fully saturated rings. The molecular formula is C17H27NO5. The molecule has 0 radical (unpaired) electrons. The fraction of sp³-hybridized carbons (Fsp3) is 0.765. The van der Waals surface area contributed by atoms with Crippen molar-refractivity contribution in [1.82, 2.24) is 0 Å². The van der Waals surface area contributed by atoms with Gasteiger partial charge < -0.3 is 20.2 Å². The van der Waals surface area contributed by atoms with E-state index in [0.29, 0.717) is 13.0 Å². The van der Waals surface area contributed by atoms with Crippen LogP contribution in [0.25, 0.3) is 0 Å². The number of rotatable bonds is 9. The molecule has 0 bridgehead atoms. The number of carbonyl (C=O) groups is 1. The molecule has 0 spiro atoms. The van der Waals surface area contributed by atoms with Gasteiger partial charge in [0.25, 0.3) is 0 Å². The molecule has 2 aliphatic rings. The van der Waals surface area contributed by atoms with Crippen LogP contribution >= 0.6 is 0 Å². The van der Waals surface area contributed by atoms with Gasteiger partial charge in [0, 0.05) is 18.3 Å². The van der Waals surface area contributed by atoms with Crippen molar-refractivity contribution in [2.24, 2.45) is 22.9 Å².